The van der Waals surface area contributed by atoms with Crippen LogP contribution in [0.3, 0.4) is 0 Å². The number of rotatable bonds is 21. The van der Waals surface area contributed by atoms with E-state index in [0.29, 0.717) is 5.78 Å². The van der Waals surface area contributed by atoms with Crippen molar-refractivity contribution in [3.8, 4) is 0 Å². The number of carbonyl (C=O) groups excluding carboxylic acids is 1. The molecule has 0 aromatic rings. The Morgan fingerprint density at radius 3 is 1.43 bits per heavy atom. The molecule has 1 unspecified atom stereocenters. The molecule has 1 atom stereocenters. The van der Waals surface area contributed by atoms with E-state index in [1.165, 1.54) is 103 Å². The highest BCUT2D eigenvalue weighted by Crippen LogP contribution is 2.24. The van der Waals surface area contributed by atoms with Gasteiger partial charge in [0, 0.05) is 12.8 Å². The summed E-state index contributed by atoms with van der Waals surface area (Å²) in [5, 5.41) is 0. The lowest BCUT2D eigenvalue weighted by Crippen LogP contribution is -2.04. The quantitative estimate of drug-likeness (QED) is 0.167. The summed E-state index contributed by atoms with van der Waals surface area (Å²) < 4.78 is 0. The molecule has 182 valence electrons. The molecule has 0 amide bonds. The predicted octanol–water partition coefficient (Wildman–Crippen LogP) is 10.7. The smallest absolute Gasteiger partial charge is 0.132 e. The standard InChI is InChI=1S/C23H46O.C6H14/c1-4-7-10-12-14-18-22(17-13-9-6-3)19-16-21-23(24)20-15-11-8-5-2;1-4-6(3)5-2/h22H,4-21H2,1-3H3;6H,4-5H2,1-3H3. The van der Waals surface area contributed by atoms with Gasteiger partial charge in [-0.3, -0.25) is 4.79 Å². The molecular weight excluding hydrogens is 364 g/mol. The minimum Gasteiger partial charge on any atom is -0.300 e. The van der Waals surface area contributed by atoms with Crippen LogP contribution in [0.5, 0.6) is 0 Å². The van der Waals surface area contributed by atoms with Crippen molar-refractivity contribution in [3.63, 3.8) is 0 Å². The third-order valence-electron chi connectivity index (χ3n) is 6.70. The lowest BCUT2D eigenvalue weighted by Gasteiger charge is -2.16. The van der Waals surface area contributed by atoms with Crippen LogP contribution in [0.2, 0.25) is 0 Å². The van der Waals surface area contributed by atoms with E-state index in [2.05, 4.69) is 41.5 Å². The van der Waals surface area contributed by atoms with Gasteiger partial charge in [-0.25, -0.2) is 0 Å². The predicted molar refractivity (Wildman–Crippen MR) is 138 cm³/mol. The van der Waals surface area contributed by atoms with Crippen LogP contribution in [0.4, 0.5) is 0 Å². The molecule has 1 heteroatoms. The highest BCUT2D eigenvalue weighted by molar-refractivity contribution is 5.78. The van der Waals surface area contributed by atoms with Gasteiger partial charge in [-0.2, -0.15) is 0 Å². The second-order valence-corrected chi connectivity index (χ2v) is 9.73. The molecular formula is C29H60O. The molecule has 0 spiro atoms. The fourth-order valence-corrected chi connectivity index (χ4v) is 3.90. The van der Waals surface area contributed by atoms with Crippen LogP contribution in [0.1, 0.15) is 170 Å². The van der Waals surface area contributed by atoms with Gasteiger partial charge >= 0.3 is 0 Å². The van der Waals surface area contributed by atoms with Gasteiger partial charge in [-0.1, -0.05) is 144 Å². The Kier molecular flexibility index (Phi) is 28.4. The molecule has 0 fully saturated rings. The average Bonchev–Trinajstić information content (AvgIpc) is 2.76. The lowest BCUT2D eigenvalue weighted by atomic mass is 9.89. The molecule has 0 bridgehead atoms. The van der Waals surface area contributed by atoms with Crippen molar-refractivity contribution in [2.45, 2.75) is 170 Å². The fourth-order valence-electron chi connectivity index (χ4n) is 3.90. The summed E-state index contributed by atoms with van der Waals surface area (Å²) in [6.45, 7) is 13.5. The van der Waals surface area contributed by atoms with Gasteiger partial charge in [0.25, 0.3) is 0 Å². The number of hydrogen-bond acceptors (Lipinski definition) is 1. The maximum atomic E-state index is 12.0. The van der Waals surface area contributed by atoms with Gasteiger partial charge in [0.15, 0.2) is 0 Å². The molecule has 30 heavy (non-hydrogen) atoms. The summed E-state index contributed by atoms with van der Waals surface area (Å²) in [5.41, 5.74) is 0. The number of ketones is 1. The molecule has 0 aromatic heterocycles. The topological polar surface area (TPSA) is 17.1 Å². The van der Waals surface area contributed by atoms with Gasteiger partial charge < -0.3 is 0 Å². The van der Waals surface area contributed by atoms with E-state index in [-0.39, 0.29) is 0 Å². The number of Topliss-reactive ketones (excluding diaryl/α,β-unsaturated/α-hetero) is 1. The Bertz CT molecular complexity index is 318. The third kappa shape index (κ3) is 25.7. The molecule has 0 heterocycles. The van der Waals surface area contributed by atoms with E-state index in [0.717, 1.165) is 37.5 Å². The highest BCUT2D eigenvalue weighted by Gasteiger charge is 2.10. The Balaban J connectivity index is 0. The van der Waals surface area contributed by atoms with E-state index >= 15 is 0 Å². The van der Waals surface area contributed by atoms with Crippen LogP contribution in [0.25, 0.3) is 0 Å². The van der Waals surface area contributed by atoms with Gasteiger partial charge in [-0.15, -0.1) is 0 Å². The van der Waals surface area contributed by atoms with Gasteiger partial charge in [-0.05, 0) is 24.7 Å². The number of unbranched alkanes of at least 4 members (excludes halogenated alkanes) is 9. The first-order chi connectivity index (χ1) is 14.5. The molecule has 0 saturated carbocycles. The maximum Gasteiger partial charge on any atom is 0.132 e. The van der Waals surface area contributed by atoms with Crippen LogP contribution in [0, 0.1) is 11.8 Å². The zero-order valence-electron chi connectivity index (χ0n) is 22.2. The summed E-state index contributed by atoms with van der Waals surface area (Å²) in [7, 11) is 0. The molecule has 0 rings (SSSR count). The van der Waals surface area contributed by atoms with Crippen molar-refractivity contribution in [2.75, 3.05) is 0 Å². The monoisotopic (exact) mass is 424 g/mol. The van der Waals surface area contributed by atoms with Crippen molar-refractivity contribution in [3.05, 3.63) is 0 Å². The van der Waals surface area contributed by atoms with Gasteiger partial charge in [0.05, 0.1) is 0 Å². The van der Waals surface area contributed by atoms with E-state index in [4.69, 9.17) is 0 Å². The van der Waals surface area contributed by atoms with Crippen molar-refractivity contribution in [1.29, 1.82) is 0 Å². The highest BCUT2D eigenvalue weighted by atomic mass is 16.1. The zero-order valence-corrected chi connectivity index (χ0v) is 22.2. The van der Waals surface area contributed by atoms with Crippen molar-refractivity contribution in [2.24, 2.45) is 11.8 Å². The Morgan fingerprint density at radius 1 is 0.533 bits per heavy atom. The Labute approximate surface area is 192 Å². The van der Waals surface area contributed by atoms with Crippen molar-refractivity contribution < 1.29 is 4.79 Å². The lowest BCUT2D eigenvalue weighted by molar-refractivity contribution is -0.119. The summed E-state index contributed by atoms with van der Waals surface area (Å²) >= 11 is 0. The van der Waals surface area contributed by atoms with Crippen molar-refractivity contribution >= 4 is 5.78 Å². The second-order valence-electron chi connectivity index (χ2n) is 9.73. The Morgan fingerprint density at radius 2 is 0.933 bits per heavy atom. The van der Waals surface area contributed by atoms with Gasteiger partial charge in [0.1, 0.15) is 5.78 Å². The number of carbonyl (C=O) groups is 1. The zero-order chi connectivity index (χ0) is 22.9. The summed E-state index contributed by atoms with van der Waals surface area (Å²) in [6, 6.07) is 0. The first kappa shape index (κ1) is 31.9. The Hall–Kier alpha value is -0.330. The maximum absolute atomic E-state index is 12.0. The molecule has 0 aliphatic heterocycles. The van der Waals surface area contributed by atoms with Crippen LogP contribution in [-0.4, -0.2) is 5.78 Å². The van der Waals surface area contributed by atoms with Crippen LogP contribution >= 0.6 is 0 Å². The fraction of sp³-hybridized carbons (Fsp3) is 0.966. The van der Waals surface area contributed by atoms with E-state index in [1.54, 1.807) is 0 Å². The second kappa shape index (κ2) is 26.7. The molecule has 0 radical (unpaired) electrons. The molecule has 0 aromatic carbocycles. The molecule has 0 saturated heterocycles. The van der Waals surface area contributed by atoms with E-state index in [1.807, 2.05) is 0 Å². The van der Waals surface area contributed by atoms with Crippen LogP contribution in [0.15, 0.2) is 0 Å². The average molecular weight is 425 g/mol. The van der Waals surface area contributed by atoms with Crippen molar-refractivity contribution in [1.82, 2.24) is 0 Å². The summed E-state index contributed by atoms with van der Waals surface area (Å²) in [6.07, 6.45) is 25.5. The third-order valence-corrected chi connectivity index (χ3v) is 6.70. The largest absolute Gasteiger partial charge is 0.300 e. The summed E-state index contributed by atoms with van der Waals surface area (Å²) in [5.74, 6) is 2.33. The number of hydrogen-bond donors (Lipinski definition) is 0. The minimum atomic E-state index is 0.515. The molecule has 0 N–H and O–H groups in total. The van der Waals surface area contributed by atoms with Gasteiger partial charge in [0.2, 0.25) is 0 Å². The van der Waals surface area contributed by atoms with Crippen LogP contribution < -0.4 is 0 Å². The molecule has 1 nitrogen and oxygen atoms in total. The molecule has 0 aliphatic rings. The van der Waals surface area contributed by atoms with Crippen LogP contribution in [-0.2, 0) is 4.79 Å². The SMILES string of the molecule is CCC(C)CC.CCCCCCCC(CCCCC)CCCC(=O)CCCCCC. The molecule has 0 aliphatic carbocycles. The summed E-state index contributed by atoms with van der Waals surface area (Å²) in [4.78, 5) is 12.0. The van der Waals surface area contributed by atoms with E-state index in [9.17, 15) is 4.79 Å². The first-order valence-electron chi connectivity index (χ1n) is 14.1. The minimum absolute atomic E-state index is 0.515. The first-order valence-corrected chi connectivity index (χ1v) is 14.1. The normalized spacial score (nSPS) is 12.0. The van der Waals surface area contributed by atoms with E-state index < -0.39 is 0 Å².